The zero-order chi connectivity index (χ0) is 31.2. The van der Waals surface area contributed by atoms with Crippen LogP contribution in [0.3, 0.4) is 0 Å². The molecule has 1 fully saturated rings. The van der Waals surface area contributed by atoms with Gasteiger partial charge >= 0.3 is 6.18 Å². The van der Waals surface area contributed by atoms with Gasteiger partial charge in [0.15, 0.2) is 17.9 Å². The number of alkyl halides is 4. The van der Waals surface area contributed by atoms with E-state index in [0.717, 1.165) is 18.6 Å². The lowest BCUT2D eigenvalue weighted by atomic mass is 9.89. The molecule has 1 aromatic heterocycles. The lowest BCUT2D eigenvalue weighted by Gasteiger charge is -2.35. The predicted molar refractivity (Wildman–Crippen MR) is 156 cm³/mol. The van der Waals surface area contributed by atoms with Crippen LogP contribution >= 0.6 is 11.9 Å². The molecule has 0 spiro atoms. The molecule has 1 aromatic carbocycles. The van der Waals surface area contributed by atoms with Crippen LogP contribution in [0.15, 0.2) is 18.3 Å². The molecule has 0 saturated heterocycles. The molecule has 0 bridgehead atoms. The van der Waals surface area contributed by atoms with Gasteiger partial charge in [0.05, 0.1) is 6.42 Å². The average molecular weight is 619 g/mol. The third-order valence-corrected chi connectivity index (χ3v) is 7.87. The molecule has 232 valence electrons. The number of nitrogens with zero attached hydrogens (tertiary/aromatic N) is 4. The molecule has 0 radical (unpaired) electrons. The highest BCUT2D eigenvalue weighted by Gasteiger charge is 2.32. The van der Waals surface area contributed by atoms with Gasteiger partial charge in [-0.2, -0.15) is 18.2 Å². The Balaban J connectivity index is 1.85. The number of anilines is 3. The normalized spacial score (nSPS) is 19.7. The molecule has 14 heteroatoms. The Morgan fingerprint density at radius 2 is 1.83 bits per heavy atom. The van der Waals surface area contributed by atoms with E-state index in [-0.39, 0.29) is 29.3 Å². The Kier molecular flexibility index (Phi) is 11.5. The Morgan fingerprint density at radius 3 is 2.38 bits per heavy atom. The summed E-state index contributed by atoms with van der Waals surface area (Å²) in [4.78, 5) is 24.7. The Hall–Kier alpha value is -3.00. The largest absolute Gasteiger partial charge is 0.389 e. The molecule has 1 aliphatic carbocycles. The van der Waals surface area contributed by atoms with Crippen molar-refractivity contribution in [1.29, 1.82) is 0 Å². The molecule has 0 aliphatic heterocycles. The summed E-state index contributed by atoms with van der Waals surface area (Å²) in [6, 6.07) is 1.53. The van der Waals surface area contributed by atoms with Gasteiger partial charge < -0.3 is 19.8 Å². The van der Waals surface area contributed by atoms with E-state index in [0.29, 0.717) is 48.4 Å². The van der Waals surface area contributed by atoms with Crippen LogP contribution in [0, 0.1) is 11.6 Å². The van der Waals surface area contributed by atoms with Crippen LogP contribution in [-0.2, 0) is 4.79 Å². The number of aromatic nitrogens is 2. The van der Waals surface area contributed by atoms with Crippen LogP contribution in [0.1, 0.15) is 50.7 Å². The molecule has 1 saturated carbocycles. The van der Waals surface area contributed by atoms with Crippen molar-refractivity contribution in [1.82, 2.24) is 14.9 Å². The zero-order valence-electron chi connectivity index (χ0n) is 24.1. The van der Waals surface area contributed by atoms with Gasteiger partial charge in [-0.25, -0.2) is 18.2 Å². The van der Waals surface area contributed by atoms with Gasteiger partial charge in [0.1, 0.15) is 17.7 Å². The minimum atomic E-state index is -4.39. The first-order valence-corrected chi connectivity index (χ1v) is 14.5. The van der Waals surface area contributed by atoms with E-state index in [2.05, 4.69) is 20.0 Å². The lowest BCUT2D eigenvalue weighted by Crippen LogP contribution is -2.44. The number of rotatable bonds is 12. The molecule has 42 heavy (non-hydrogen) atoms. The second-order valence-electron chi connectivity index (χ2n) is 10.7. The van der Waals surface area contributed by atoms with Crippen LogP contribution in [-0.4, -0.2) is 78.5 Å². The number of carbonyl (C=O) groups is 1. The third kappa shape index (κ3) is 9.00. The van der Waals surface area contributed by atoms with Crippen molar-refractivity contribution in [3.8, 4) is 0 Å². The number of allylic oxidation sites excluding steroid dienone is 1. The zero-order valence-corrected chi connectivity index (χ0v) is 24.9. The highest BCUT2D eigenvalue weighted by atomic mass is 32.2. The number of benzene rings is 1. The standard InChI is InChI=1S/C28H36F6N6OS/c1-16(2)40(5)26-18(14-35-27(37-26)36-20-6-7-24(39(3)4)21(29)13-20)10-19(15-41)17-11-22(30)25(23(31)12-17)38-42-9-8-28(32,33)34/h10-12,14-16,20-21,24,38H,6-9,13H2,1-5H3,(H,35,36,37)/b19-10+. The van der Waals surface area contributed by atoms with E-state index in [1.54, 1.807) is 7.05 Å². The first kappa shape index (κ1) is 33.5. The Labute approximate surface area is 246 Å². The predicted octanol–water partition coefficient (Wildman–Crippen LogP) is 6.58. The third-order valence-electron chi connectivity index (χ3n) is 7.11. The van der Waals surface area contributed by atoms with Crippen molar-refractivity contribution in [2.45, 2.75) is 70.0 Å². The maximum atomic E-state index is 14.7. The highest BCUT2D eigenvalue weighted by Crippen LogP contribution is 2.31. The van der Waals surface area contributed by atoms with Crippen molar-refractivity contribution in [2.24, 2.45) is 0 Å². The molecule has 3 rings (SSSR count). The SMILES string of the molecule is CC(C)N(C)c1nc(NC2CCC(N(C)C)C(F)C2)ncc1/C=C(\C=O)c1cc(F)c(NSCCC(F)(F)F)c(F)c1. The minimum Gasteiger partial charge on any atom is -0.357 e. The topological polar surface area (TPSA) is 73.4 Å². The van der Waals surface area contributed by atoms with Crippen LogP contribution in [0.2, 0.25) is 0 Å². The molecule has 1 heterocycles. The summed E-state index contributed by atoms with van der Waals surface area (Å²) in [5.74, 6) is -1.84. The number of hydrogen-bond acceptors (Lipinski definition) is 8. The van der Waals surface area contributed by atoms with E-state index in [4.69, 9.17) is 0 Å². The Morgan fingerprint density at radius 1 is 1.17 bits per heavy atom. The quantitative estimate of drug-likeness (QED) is 0.0909. The van der Waals surface area contributed by atoms with Crippen molar-refractivity contribution < 1.29 is 31.1 Å². The second kappa shape index (κ2) is 14.5. The summed E-state index contributed by atoms with van der Waals surface area (Å²) in [5.41, 5.74) is -0.332. The van der Waals surface area contributed by atoms with Crippen molar-refractivity contribution >= 4 is 47.3 Å². The second-order valence-corrected chi connectivity index (χ2v) is 11.6. The van der Waals surface area contributed by atoms with Crippen LogP contribution in [0.25, 0.3) is 11.6 Å². The number of nitrogens with one attached hydrogen (secondary N) is 2. The number of aldehydes is 1. The van der Waals surface area contributed by atoms with Gasteiger partial charge in [-0.15, -0.1) is 0 Å². The van der Waals surface area contributed by atoms with E-state index in [9.17, 15) is 31.1 Å². The first-order valence-electron chi connectivity index (χ1n) is 13.5. The minimum absolute atomic E-state index is 0.0135. The molecule has 2 N–H and O–H groups in total. The fraction of sp³-hybridized carbons (Fsp3) is 0.536. The molecular formula is C28H36F6N6OS. The molecule has 7 nitrogen and oxygen atoms in total. The molecular weight excluding hydrogens is 582 g/mol. The van der Waals surface area contributed by atoms with Gasteiger partial charge in [0.2, 0.25) is 5.95 Å². The van der Waals surface area contributed by atoms with E-state index >= 15 is 0 Å². The van der Waals surface area contributed by atoms with Crippen LogP contribution < -0.4 is 14.9 Å². The number of hydrogen-bond donors (Lipinski definition) is 2. The summed E-state index contributed by atoms with van der Waals surface area (Å²) in [7, 11) is 5.51. The molecule has 1 aliphatic rings. The van der Waals surface area contributed by atoms with E-state index in [1.807, 2.05) is 37.7 Å². The molecule has 0 amide bonds. The summed E-state index contributed by atoms with van der Waals surface area (Å²) in [6.45, 7) is 3.87. The van der Waals surface area contributed by atoms with Gasteiger partial charge in [-0.1, -0.05) is 11.9 Å². The summed E-state index contributed by atoms with van der Waals surface area (Å²) >= 11 is 0.522. The fourth-order valence-electron chi connectivity index (χ4n) is 4.56. The van der Waals surface area contributed by atoms with Gasteiger partial charge in [0, 0.05) is 54.7 Å². The molecule has 2 aromatic rings. The van der Waals surface area contributed by atoms with Crippen molar-refractivity contribution in [2.75, 3.05) is 41.8 Å². The van der Waals surface area contributed by atoms with Gasteiger partial charge in [-0.05, 0) is 64.6 Å². The maximum absolute atomic E-state index is 14.7. The van der Waals surface area contributed by atoms with Crippen LogP contribution in [0.4, 0.5) is 43.8 Å². The van der Waals surface area contributed by atoms with Crippen molar-refractivity contribution in [3.63, 3.8) is 0 Å². The Bertz CT molecular complexity index is 1230. The van der Waals surface area contributed by atoms with E-state index < -0.39 is 41.8 Å². The van der Waals surface area contributed by atoms with Crippen molar-refractivity contribution in [3.05, 3.63) is 41.1 Å². The molecule has 3 atom stereocenters. The smallest absolute Gasteiger partial charge is 0.357 e. The summed E-state index contributed by atoms with van der Waals surface area (Å²) in [5, 5.41) is 3.21. The van der Waals surface area contributed by atoms with Gasteiger partial charge in [0.25, 0.3) is 0 Å². The number of halogens is 6. The monoisotopic (exact) mass is 618 g/mol. The van der Waals surface area contributed by atoms with Crippen LogP contribution in [0.5, 0.6) is 0 Å². The molecule has 3 unspecified atom stereocenters. The van der Waals surface area contributed by atoms with Gasteiger partial charge in [-0.3, -0.25) is 4.79 Å². The number of carbonyl (C=O) groups excluding carboxylic acids is 1. The van der Waals surface area contributed by atoms with E-state index in [1.165, 1.54) is 12.3 Å². The highest BCUT2D eigenvalue weighted by molar-refractivity contribution is 8.00. The summed E-state index contributed by atoms with van der Waals surface area (Å²) in [6.07, 6.45) is -1.46. The summed E-state index contributed by atoms with van der Waals surface area (Å²) < 4.78 is 83.5. The fourth-order valence-corrected chi connectivity index (χ4v) is 5.33. The maximum Gasteiger partial charge on any atom is 0.389 e. The lowest BCUT2D eigenvalue weighted by molar-refractivity contribution is -0.129. The first-order chi connectivity index (χ1) is 19.7. The average Bonchev–Trinajstić information content (AvgIpc) is 2.90.